The van der Waals surface area contributed by atoms with E-state index in [4.69, 9.17) is 13.8 Å². The lowest BCUT2D eigenvalue weighted by molar-refractivity contribution is 0.214. The number of benzene rings is 2. The Morgan fingerprint density at radius 2 is 1.64 bits per heavy atom. The minimum absolute atomic E-state index is 0.0561. The molecule has 0 saturated carbocycles. The van der Waals surface area contributed by atoms with Crippen molar-refractivity contribution in [2.24, 2.45) is 0 Å². The first-order valence-corrected chi connectivity index (χ1v) is 9.72. The van der Waals surface area contributed by atoms with Gasteiger partial charge >= 0.3 is 7.60 Å². The highest BCUT2D eigenvalue weighted by atomic mass is 31.2. The molecule has 0 heterocycles. The van der Waals surface area contributed by atoms with Crippen molar-refractivity contribution < 1.29 is 23.5 Å². The van der Waals surface area contributed by atoms with Crippen LogP contribution < -0.4 is 10.1 Å². The number of hydrogen-bond donors (Lipinski definition) is 2. The highest BCUT2D eigenvalue weighted by Gasteiger charge is 2.37. The Bertz CT molecular complexity index is 710. The number of phenols is 1. The molecule has 0 radical (unpaired) electrons. The normalized spacial score (nSPS) is 12.6. The molecular formula is C18H24NO5P. The van der Waals surface area contributed by atoms with E-state index in [9.17, 15) is 9.67 Å². The third kappa shape index (κ3) is 4.75. The third-order valence-electron chi connectivity index (χ3n) is 3.56. The van der Waals surface area contributed by atoms with Crippen molar-refractivity contribution in [2.75, 3.05) is 25.6 Å². The second-order valence-electron chi connectivity index (χ2n) is 5.21. The minimum atomic E-state index is -3.52. The predicted molar refractivity (Wildman–Crippen MR) is 98.3 cm³/mol. The Labute approximate surface area is 148 Å². The molecule has 2 aromatic carbocycles. The quantitative estimate of drug-likeness (QED) is 0.492. The second kappa shape index (κ2) is 8.90. The molecule has 0 spiro atoms. The molecule has 2 N–H and O–H groups in total. The molecule has 0 aliphatic heterocycles. The fourth-order valence-electron chi connectivity index (χ4n) is 2.42. The van der Waals surface area contributed by atoms with E-state index in [0.29, 0.717) is 17.0 Å². The van der Waals surface area contributed by atoms with Crippen LogP contribution in [0.15, 0.2) is 48.5 Å². The zero-order valence-corrected chi connectivity index (χ0v) is 15.5. The Balaban J connectivity index is 2.45. The maximum Gasteiger partial charge on any atom is 0.357 e. The van der Waals surface area contributed by atoms with Gasteiger partial charge in [-0.3, -0.25) is 4.57 Å². The number of rotatable bonds is 9. The van der Waals surface area contributed by atoms with E-state index in [2.05, 4.69) is 5.32 Å². The molecule has 0 amide bonds. The second-order valence-corrected chi connectivity index (χ2v) is 7.33. The van der Waals surface area contributed by atoms with Crippen molar-refractivity contribution in [3.05, 3.63) is 54.1 Å². The molecule has 0 fully saturated rings. The molecule has 25 heavy (non-hydrogen) atoms. The summed E-state index contributed by atoms with van der Waals surface area (Å²) < 4.78 is 29.6. The number of methoxy groups -OCH3 is 1. The fraction of sp³-hybridized carbons (Fsp3) is 0.333. The molecule has 0 bridgehead atoms. The van der Waals surface area contributed by atoms with E-state index >= 15 is 0 Å². The molecule has 0 aliphatic carbocycles. The Morgan fingerprint density at radius 1 is 1.04 bits per heavy atom. The Hall–Kier alpha value is -2.01. The van der Waals surface area contributed by atoms with Crippen LogP contribution >= 0.6 is 7.60 Å². The van der Waals surface area contributed by atoms with Gasteiger partial charge in [0.1, 0.15) is 11.5 Å². The molecule has 136 valence electrons. The summed E-state index contributed by atoms with van der Waals surface area (Å²) >= 11 is 0. The van der Waals surface area contributed by atoms with E-state index < -0.39 is 13.4 Å². The predicted octanol–water partition coefficient (Wildman–Crippen LogP) is 4.78. The smallest absolute Gasteiger partial charge is 0.357 e. The zero-order chi connectivity index (χ0) is 18.3. The van der Waals surface area contributed by atoms with Crippen molar-refractivity contribution >= 4 is 13.3 Å². The van der Waals surface area contributed by atoms with Crippen molar-refractivity contribution in [1.82, 2.24) is 0 Å². The lowest BCUT2D eigenvalue weighted by atomic mass is 10.2. The molecule has 6 nitrogen and oxygen atoms in total. The van der Waals surface area contributed by atoms with Crippen LogP contribution in [0.3, 0.4) is 0 Å². The fourth-order valence-corrected chi connectivity index (χ4v) is 4.35. The summed E-state index contributed by atoms with van der Waals surface area (Å²) in [7, 11) is -1.94. The monoisotopic (exact) mass is 365 g/mol. The van der Waals surface area contributed by atoms with Crippen LogP contribution in [0.1, 0.15) is 25.2 Å². The lowest BCUT2D eigenvalue weighted by Gasteiger charge is -2.28. The SMILES string of the molecule is CCOP(=O)(OCC)C(Nc1ccccc1O)c1ccc(OC)cc1. The summed E-state index contributed by atoms with van der Waals surface area (Å²) in [6, 6.07) is 13.9. The van der Waals surface area contributed by atoms with Crippen molar-refractivity contribution in [3.63, 3.8) is 0 Å². The summed E-state index contributed by atoms with van der Waals surface area (Å²) in [5, 5.41) is 13.2. The molecule has 1 unspecified atom stereocenters. The highest BCUT2D eigenvalue weighted by molar-refractivity contribution is 7.54. The zero-order valence-electron chi connectivity index (χ0n) is 14.6. The standard InChI is InChI=1S/C18H24NO5P/c1-4-23-25(21,24-5-2)18(14-10-12-15(22-3)13-11-14)19-16-8-6-7-9-17(16)20/h6-13,18-20H,4-5H2,1-3H3. The van der Waals surface area contributed by atoms with Gasteiger partial charge in [0.2, 0.25) is 0 Å². The van der Waals surface area contributed by atoms with Crippen LogP contribution in [0.4, 0.5) is 5.69 Å². The van der Waals surface area contributed by atoms with Crippen molar-refractivity contribution in [3.8, 4) is 11.5 Å². The van der Waals surface area contributed by atoms with E-state index in [1.54, 1.807) is 69.5 Å². The number of anilines is 1. The first kappa shape index (κ1) is 19.3. The van der Waals surface area contributed by atoms with Gasteiger partial charge in [-0.1, -0.05) is 24.3 Å². The van der Waals surface area contributed by atoms with Gasteiger partial charge in [-0.05, 0) is 43.7 Å². The topological polar surface area (TPSA) is 77.0 Å². The van der Waals surface area contributed by atoms with Gasteiger partial charge in [0.25, 0.3) is 0 Å². The van der Waals surface area contributed by atoms with Gasteiger partial charge in [-0.25, -0.2) is 0 Å². The average molecular weight is 365 g/mol. The largest absolute Gasteiger partial charge is 0.506 e. The van der Waals surface area contributed by atoms with Gasteiger partial charge in [-0.2, -0.15) is 0 Å². The summed E-state index contributed by atoms with van der Waals surface area (Å²) in [5.74, 6) is -0.0279. The van der Waals surface area contributed by atoms with E-state index in [1.165, 1.54) is 0 Å². The van der Waals surface area contributed by atoms with E-state index in [-0.39, 0.29) is 19.0 Å². The molecule has 0 aromatic heterocycles. The first-order chi connectivity index (χ1) is 12.0. The minimum Gasteiger partial charge on any atom is -0.506 e. The summed E-state index contributed by atoms with van der Waals surface area (Å²) in [6.07, 6.45) is 0. The van der Waals surface area contributed by atoms with E-state index in [0.717, 1.165) is 0 Å². The van der Waals surface area contributed by atoms with Gasteiger partial charge in [0.15, 0.2) is 5.78 Å². The lowest BCUT2D eigenvalue weighted by Crippen LogP contribution is -2.15. The molecule has 2 aromatic rings. The first-order valence-electron chi connectivity index (χ1n) is 8.11. The highest BCUT2D eigenvalue weighted by Crippen LogP contribution is 2.61. The van der Waals surface area contributed by atoms with Gasteiger partial charge in [0, 0.05) is 0 Å². The summed E-state index contributed by atoms with van der Waals surface area (Å²) in [5.41, 5.74) is 1.15. The summed E-state index contributed by atoms with van der Waals surface area (Å²) in [6.45, 7) is 4.01. The molecule has 7 heteroatoms. The number of phenolic OH excluding ortho intramolecular Hbond substituents is 1. The maximum absolute atomic E-state index is 13.4. The number of aromatic hydroxyl groups is 1. The van der Waals surface area contributed by atoms with Gasteiger partial charge < -0.3 is 24.2 Å². The molecule has 1 atom stereocenters. The molecule has 0 aliphatic rings. The van der Waals surface area contributed by atoms with Gasteiger partial charge in [-0.15, -0.1) is 0 Å². The molecular weight excluding hydrogens is 341 g/mol. The van der Waals surface area contributed by atoms with Crippen LogP contribution in [0.5, 0.6) is 11.5 Å². The van der Waals surface area contributed by atoms with Crippen LogP contribution in [0, 0.1) is 0 Å². The van der Waals surface area contributed by atoms with Gasteiger partial charge in [0.05, 0.1) is 26.0 Å². The number of ether oxygens (including phenoxy) is 1. The third-order valence-corrected chi connectivity index (χ3v) is 5.86. The maximum atomic E-state index is 13.4. The van der Waals surface area contributed by atoms with Crippen LogP contribution in [-0.4, -0.2) is 25.4 Å². The number of para-hydroxylation sites is 2. The van der Waals surface area contributed by atoms with Crippen LogP contribution in [0.25, 0.3) is 0 Å². The van der Waals surface area contributed by atoms with E-state index in [1.807, 2.05) is 0 Å². The van der Waals surface area contributed by atoms with Crippen LogP contribution in [-0.2, 0) is 13.6 Å². The van der Waals surface area contributed by atoms with Crippen molar-refractivity contribution in [1.29, 1.82) is 0 Å². The molecule has 0 saturated heterocycles. The Morgan fingerprint density at radius 3 is 2.16 bits per heavy atom. The number of nitrogens with one attached hydrogen (secondary N) is 1. The Kier molecular flexibility index (Phi) is 6.88. The summed E-state index contributed by atoms with van der Waals surface area (Å²) in [4.78, 5) is 0. The molecule has 2 rings (SSSR count). The average Bonchev–Trinajstić information content (AvgIpc) is 2.61. The van der Waals surface area contributed by atoms with Crippen LogP contribution in [0.2, 0.25) is 0 Å². The number of hydrogen-bond acceptors (Lipinski definition) is 6. The van der Waals surface area contributed by atoms with Crippen molar-refractivity contribution in [2.45, 2.75) is 19.6 Å².